The van der Waals surface area contributed by atoms with Crippen molar-refractivity contribution in [3.8, 4) is 0 Å². The lowest BCUT2D eigenvalue weighted by molar-refractivity contribution is 0.224. The van der Waals surface area contributed by atoms with Crippen molar-refractivity contribution >= 4 is 40.6 Å². The summed E-state index contributed by atoms with van der Waals surface area (Å²) in [5, 5.41) is 0.979. The van der Waals surface area contributed by atoms with E-state index in [1.165, 1.54) is 0 Å². The zero-order valence-electron chi connectivity index (χ0n) is 16.3. The zero-order chi connectivity index (χ0) is 20.1. The molecule has 0 bridgehead atoms. The highest BCUT2D eigenvalue weighted by molar-refractivity contribution is 7.68. The van der Waals surface area contributed by atoms with Crippen molar-refractivity contribution in [2.24, 2.45) is 11.8 Å². The second kappa shape index (κ2) is 9.46. The van der Waals surface area contributed by atoms with Gasteiger partial charge in [-0.15, -0.1) is 0 Å². The number of hydrogen-bond donors (Lipinski definition) is 0. The maximum absolute atomic E-state index is 14.2. The van der Waals surface area contributed by atoms with Crippen molar-refractivity contribution in [2.45, 2.75) is 20.3 Å². The molecular formula is C23H26Cl2NOP. The Hall–Kier alpha value is -1.31. The third-order valence-corrected chi connectivity index (χ3v) is 8.41. The average Bonchev–Trinajstić information content (AvgIpc) is 2.68. The first-order chi connectivity index (χ1) is 13.4. The van der Waals surface area contributed by atoms with Crippen LogP contribution >= 0.6 is 30.5 Å². The Kier molecular flexibility index (Phi) is 7.23. The van der Waals surface area contributed by atoms with Crippen LogP contribution in [0.15, 0.2) is 72.3 Å². The molecule has 1 heterocycles. The molecule has 2 aromatic carbocycles. The number of rotatable bonds is 5. The minimum atomic E-state index is -3.07. The summed E-state index contributed by atoms with van der Waals surface area (Å²) in [6.45, 7) is 5.95. The van der Waals surface area contributed by atoms with Crippen molar-refractivity contribution in [1.82, 2.24) is 4.67 Å². The van der Waals surface area contributed by atoms with Crippen LogP contribution in [-0.4, -0.2) is 17.8 Å². The van der Waals surface area contributed by atoms with Gasteiger partial charge < -0.3 is 0 Å². The molecule has 0 amide bonds. The van der Waals surface area contributed by atoms with Gasteiger partial charge in [0.25, 0.3) is 0 Å². The molecule has 1 aliphatic heterocycles. The quantitative estimate of drug-likeness (QED) is 0.449. The molecule has 0 spiro atoms. The topological polar surface area (TPSA) is 20.3 Å². The monoisotopic (exact) mass is 433 g/mol. The van der Waals surface area contributed by atoms with Crippen LogP contribution in [-0.2, 0) is 4.57 Å². The minimum absolute atomic E-state index is 0.477. The first-order valence-electron chi connectivity index (χ1n) is 9.60. The van der Waals surface area contributed by atoms with Gasteiger partial charge in [0, 0.05) is 24.7 Å². The van der Waals surface area contributed by atoms with E-state index in [2.05, 4.69) is 18.5 Å². The highest BCUT2D eigenvalue weighted by Crippen LogP contribution is 2.58. The van der Waals surface area contributed by atoms with Crippen molar-refractivity contribution in [3.63, 3.8) is 0 Å². The third kappa shape index (κ3) is 5.39. The van der Waals surface area contributed by atoms with Crippen LogP contribution in [0.3, 0.4) is 0 Å². The van der Waals surface area contributed by atoms with Gasteiger partial charge in [0.15, 0.2) is 7.29 Å². The highest BCUT2D eigenvalue weighted by Gasteiger charge is 2.33. The van der Waals surface area contributed by atoms with E-state index in [0.717, 1.165) is 30.6 Å². The zero-order valence-corrected chi connectivity index (χ0v) is 18.7. The first kappa shape index (κ1) is 21.4. The van der Waals surface area contributed by atoms with Gasteiger partial charge in [0.05, 0.1) is 10.1 Å². The third-order valence-electron chi connectivity index (χ3n) is 4.99. The molecule has 0 radical (unpaired) electrons. The second-order valence-corrected chi connectivity index (χ2v) is 10.9. The molecule has 3 rings (SSSR count). The molecule has 0 aliphatic carbocycles. The van der Waals surface area contributed by atoms with Gasteiger partial charge in [0.2, 0.25) is 0 Å². The molecule has 1 fully saturated rings. The molecule has 148 valence electrons. The molecule has 2 aromatic rings. The van der Waals surface area contributed by atoms with Gasteiger partial charge in [-0.1, -0.05) is 97.7 Å². The Morgan fingerprint density at radius 1 is 0.857 bits per heavy atom. The van der Waals surface area contributed by atoms with E-state index in [1.807, 2.05) is 60.7 Å². The predicted octanol–water partition coefficient (Wildman–Crippen LogP) is 7.72. The molecule has 5 heteroatoms. The van der Waals surface area contributed by atoms with Crippen molar-refractivity contribution in [3.05, 3.63) is 83.4 Å². The largest absolute Gasteiger partial charge is 0.297 e. The summed E-state index contributed by atoms with van der Waals surface area (Å²) in [6, 6.07) is 19.3. The molecule has 0 N–H and O–H groups in total. The normalized spacial score (nSPS) is 24.0. The van der Waals surface area contributed by atoms with Gasteiger partial charge >= 0.3 is 0 Å². The Morgan fingerprint density at radius 2 is 1.25 bits per heavy atom. The minimum Gasteiger partial charge on any atom is -0.297 e. The lowest BCUT2D eigenvalue weighted by atomic mass is 9.94. The highest BCUT2D eigenvalue weighted by atomic mass is 35.5. The van der Waals surface area contributed by atoms with Gasteiger partial charge in [-0.2, -0.15) is 0 Å². The summed E-state index contributed by atoms with van der Waals surface area (Å²) in [5.74, 6) is 4.37. The van der Waals surface area contributed by atoms with Crippen LogP contribution in [0, 0.1) is 11.8 Å². The van der Waals surface area contributed by atoms with Crippen molar-refractivity contribution in [2.75, 3.05) is 13.1 Å². The summed E-state index contributed by atoms with van der Waals surface area (Å²) < 4.78 is 16.3. The van der Waals surface area contributed by atoms with Crippen LogP contribution in [0.1, 0.15) is 31.4 Å². The van der Waals surface area contributed by atoms with Crippen LogP contribution in [0.4, 0.5) is 0 Å². The predicted molar refractivity (Wildman–Crippen MR) is 123 cm³/mol. The van der Waals surface area contributed by atoms with E-state index in [-0.39, 0.29) is 0 Å². The lowest BCUT2D eigenvalue weighted by Crippen LogP contribution is -2.35. The molecule has 1 aliphatic rings. The van der Waals surface area contributed by atoms with Gasteiger partial charge in [-0.25, -0.2) is 4.67 Å². The molecule has 28 heavy (non-hydrogen) atoms. The smallest absolute Gasteiger partial charge is 0.196 e. The van der Waals surface area contributed by atoms with Gasteiger partial charge in [-0.05, 0) is 29.4 Å². The average molecular weight is 434 g/mol. The Morgan fingerprint density at radius 3 is 1.64 bits per heavy atom. The number of benzene rings is 2. The fourth-order valence-electron chi connectivity index (χ4n) is 3.75. The lowest BCUT2D eigenvalue weighted by Gasteiger charge is -2.38. The SMILES string of the molecule is CC1CC(C)CN(P(=O)(C=C(Cl)c2ccccc2)/C=C(/Cl)c2ccccc2)C1. The van der Waals surface area contributed by atoms with Crippen molar-refractivity contribution < 1.29 is 4.57 Å². The standard InChI is InChI=1S/C23H26Cl2NOP/c1-18-13-19(2)15-26(14-18)28(27,16-22(24)20-9-5-3-6-10-20)17-23(25)21-11-7-4-8-12-21/h3-12,16-19H,13-15H2,1-2H3/b22-16+,23-17?. The van der Waals surface area contributed by atoms with Crippen LogP contribution in [0.25, 0.3) is 10.1 Å². The number of halogens is 2. The van der Waals surface area contributed by atoms with Crippen molar-refractivity contribution in [1.29, 1.82) is 0 Å². The molecule has 3 unspecified atom stereocenters. The van der Waals surface area contributed by atoms with Gasteiger partial charge in [-0.3, -0.25) is 4.57 Å². The molecule has 3 atom stereocenters. The number of piperidine rings is 1. The van der Waals surface area contributed by atoms with Gasteiger partial charge in [0.1, 0.15) is 0 Å². The molecule has 0 aromatic heterocycles. The first-order valence-corrected chi connectivity index (χ1v) is 12.1. The van der Waals surface area contributed by atoms with Crippen LogP contribution < -0.4 is 0 Å². The van der Waals surface area contributed by atoms with Crippen LogP contribution in [0.2, 0.25) is 0 Å². The maximum Gasteiger partial charge on any atom is 0.196 e. The van der Waals surface area contributed by atoms with E-state index in [9.17, 15) is 4.57 Å². The summed E-state index contributed by atoms with van der Waals surface area (Å²) >= 11 is 13.2. The Labute approximate surface area is 178 Å². The molecule has 1 saturated heterocycles. The fourth-order valence-corrected chi connectivity index (χ4v) is 7.26. The number of hydrogen-bond acceptors (Lipinski definition) is 1. The van der Waals surface area contributed by atoms with E-state index < -0.39 is 7.29 Å². The summed E-state index contributed by atoms with van der Waals surface area (Å²) in [6.07, 6.45) is 1.14. The van der Waals surface area contributed by atoms with E-state index in [4.69, 9.17) is 23.2 Å². The van der Waals surface area contributed by atoms with Crippen LogP contribution in [0.5, 0.6) is 0 Å². The molecule has 2 nitrogen and oxygen atoms in total. The second-order valence-electron chi connectivity index (χ2n) is 7.68. The van der Waals surface area contributed by atoms with E-state index in [1.54, 1.807) is 11.6 Å². The van der Waals surface area contributed by atoms with E-state index in [0.29, 0.717) is 21.9 Å². The fraction of sp³-hybridized carbons (Fsp3) is 0.304. The van der Waals surface area contributed by atoms with E-state index >= 15 is 0 Å². The summed E-state index contributed by atoms with van der Waals surface area (Å²) in [7, 11) is -3.07. The Balaban J connectivity index is 2.04. The number of nitrogens with zero attached hydrogens (tertiary/aromatic N) is 1. The Bertz CT molecular complexity index is 826. The molecular weight excluding hydrogens is 408 g/mol. The summed E-state index contributed by atoms with van der Waals surface area (Å²) in [5.41, 5.74) is 1.71. The molecule has 0 saturated carbocycles. The summed E-state index contributed by atoms with van der Waals surface area (Å²) in [4.78, 5) is 0. The maximum atomic E-state index is 14.2.